The number of carbonyl (C=O) groups is 1. The second-order valence-electron chi connectivity index (χ2n) is 5.40. The van der Waals surface area contributed by atoms with Gasteiger partial charge >= 0.3 is 0 Å². The molecule has 1 aromatic rings. The van der Waals surface area contributed by atoms with E-state index >= 15 is 0 Å². The summed E-state index contributed by atoms with van der Waals surface area (Å²) in [4.78, 5) is 12.2. The number of aryl methyl sites for hydroxylation is 2. The minimum atomic E-state index is 0. The van der Waals surface area contributed by atoms with E-state index in [9.17, 15) is 4.79 Å². The van der Waals surface area contributed by atoms with Crippen LogP contribution in [0.2, 0.25) is 0 Å². The molecule has 0 heterocycles. The highest BCUT2D eigenvalue weighted by atomic mass is 35.5. The number of nitrogens with one attached hydrogen (secondary N) is 1. The highest BCUT2D eigenvalue weighted by molar-refractivity contribution is 5.95. The van der Waals surface area contributed by atoms with Gasteiger partial charge in [-0.15, -0.1) is 12.4 Å². The average molecular weight is 283 g/mol. The molecule has 1 saturated carbocycles. The Kier molecular flexibility index (Phi) is 5.83. The van der Waals surface area contributed by atoms with Crippen LogP contribution in [0.5, 0.6) is 0 Å². The van der Waals surface area contributed by atoms with Crippen LogP contribution < -0.4 is 11.1 Å². The van der Waals surface area contributed by atoms with Crippen molar-refractivity contribution in [1.29, 1.82) is 0 Å². The van der Waals surface area contributed by atoms with Gasteiger partial charge in [0.05, 0.1) is 0 Å². The summed E-state index contributed by atoms with van der Waals surface area (Å²) in [6, 6.07) is 6.55. The first-order valence-electron chi connectivity index (χ1n) is 6.70. The molecular formula is C15H23ClN2O. The van der Waals surface area contributed by atoms with E-state index in [0.717, 1.165) is 36.8 Å². The molecule has 1 fully saturated rings. The van der Waals surface area contributed by atoms with Gasteiger partial charge in [0, 0.05) is 17.6 Å². The molecule has 4 heteroatoms. The third-order valence-electron chi connectivity index (χ3n) is 3.73. The van der Waals surface area contributed by atoms with E-state index in [2.05, 4.69) is 5.32 Å². The SMILES string of the molecule is Cc1ccc(C(=O)NC2CCC(N)CC2)c(C)c1.Cl. The highest BCUT2D eigenvalue weighted by Crippen LogP contribution is 2.18. The fourth-order valence-electron chi connectivity index (χ4n) is 2.60. The van der Waals surface area contributed by atoms with E-state index in [1.54, 1.807) is 0 Å². The van der Waals surface area contributed by atoms with Crippen LogP contribution in [0.4, 0.5) is 0 Å². The first-order valence-corrected chi connectivity index (χ1v) is 6.70. The van der Waals surface area contributed by atoms with Crippen LogP contribution in [0.25, 0.3) is 0 Å². The molecule has 0 aromatic heterocycles. The van der Waals surface area contributed by atoms with Crippen molar-refractivity contribution in [3.63, 3.8) is 0 Å². The standard InChI is InChI=1S/C15H22N2O.ClH/c1-10-3-8-14(11(2)9-10)15(18)17-13-6-4-12(16)5-7-13;/h3,8-9,12-13H,4-7,16H2,1-2H3,(H,17,18);1H. The maximum Gasteiger partial charge on any atom is 0.251 e. The molecule has 0 radical (unpaired) electrons. The number of nitrogens with two attached hydrogens (primary N) is 1. The Balaban J connectivity index is 0.00000180. The third-order valence-corrected chi connectivity index (χ3v) is 3.73. The topological polar surface area (TPSA) is 55.1 Å². The maximum absolute atomic E-state index is 12.2. The zero-order valence-corrected chi connectivity index (χ0v) is 12.4. The summed E-state index contributed by atoms with van der Waals surface area (Å²) in [6.07, 6.45) is 4.02. The number of hydrogen-bond acceptors (Lipinski definition) is 2. The lowest BCUT2D eigenvalue weighted by Gasteiger charge is -2.27. The lowest BCUT2D eigenvalue weighted by molar-refractivity contribution is 0.0925. The number of halogens is 1. The second kappa shape index (κ2) is 6.92. The van der Waals surface area contributed by atoms with Crippen molar-refractivity contribution >= 4 is 18.3 Å². The van der Waals surface area contributed by atoms with Crippen LogP contribution >= 0.6 is 12.4 Å². The zero-order valence-electron chi connectivity index (χ0n) is 11.6. The van der Waals surface area contributed by atoms with Gasteiger partial charge in [0.15, 0.2) is 0 Å². The van der Waals surface area contributed by atoms with Crippen LogP contribution in [-0.4, -0.2) is 18.0 Å². The van der Waals surface area contributed by atoms with Crippen LogP contribution in [-0.2, 0) is 0 Å². The van der Waals surface area contributed by atoms with Gasteiger partial charge in [0.2, 0.25) is 0 Å². The van der Waals surface area contributed by atoms with Gasteiger partial charge in [0.1, 0.15) is 0 Å². The smallest absolute Gasteiger partial charge is 0.251 e. The van der Waals surface area contributed by atoms with Crippen molar-refractivity contribution in [2.24, 2.45) is 5.73 Å². The molecule has 0 aliphatic heterocycles. The van der Waals surface area contributed by atoms with Crippen molar-refractivity contribution < 1.29 is 4.79 Å². The first-order chi connectivity index (χ1) is 8.56. The number of rotatable bonds is 2. The quantitative estimate of drug-likeness (QED) is 0.876. The Bertz CT molecular complexity index is 440. The molecule has 0 spiro atoms. The van der Waals surface area contributed by atoms with E-state index in [1.165, 1.54) is 5.56 Å². The summed E-state index contributed by atoms with van der Waals surface area (Å²) in [5.74, 6) is 0.0490. The number of carbonyl (C=O) groups excluding carboxylic acids is 1. The summed E-state index contributed by atoms with van der Waals surface area (Å²) < 4.78 is 0. The molecule has 2 rings (SSSR count). The number of benzene rings is 1. The van der Waals surface area contributed by atoms with Crippen molar-refractivity contribution in [2.75, 3.05) is 0 Å². The predicted octanol–water partition coefficient (Wildman–Crippen LogP) is 2.72. The van der Waals surface area contributed by atoms with Crippen LogP contribution in [0.3, 0.4) is 0 Å². The van der Waals surface area contributed by atoms with Gasteiger partial charge in [-0.05, 0) is 51.2 Å². The molecule has 0 bridgehead atoms. The molecular weight excluding hydrogens is 260 g/mol. The lowest BCUT2D eigenvalue weighted by Crippen LogP contribution is -2.40. The van der Waals surface area contributed by atoms with Gasteiger partial charge in [-0.3, -0.25) is 4.79 Å². The third kappa shape index (κ3) is 4.22. The average Bonchev–Trinajstić information content (AvgIpc) is 2.32. The lowest BCUT2D eigenvalue weighted by atomic mass is 9.91. The van der Waals surface area contributed by atoms with Crippen molar-refractivity contribution in [1.82, 2.24) is 5.32 Å². The Labute approximate surface area is 121 Å². The van der Waals surface area contributed by atoms with Gasteiger partial charge in [-0.25, -0.2) is 0 Å². The van der Waals surface area contributed by atoms with Crippen LogP contribution in [0.15, 0.2) is 18.2 Å². The first kappa shape index (κ1) is 16.0. The van der Waals surface area contributed by atoms with Crippen LogP contribution in [0.1, 0.15) is 47.2 Å². The highest BCUT2D eigenvalue weighted by Gasteiger charge is 2.20. The molecule has 0 saturated heterocycles. The Morgan fingerprint density at radius 1 is 1.21 bits per heavy atom. The molecule has 1 aliphatic rings. The van der Waals surface area contributed by atoms with Gasteiger partial charge in [-0.1, -0.05) is 17.7 Å². The minimum Gasteiger partial charge on any atom is -0.349 e. The number of hydrogen-bond donors (Lipinski definition) is 2. The summed E-state index contributed by atoms with van der Waals surface area (Å²) in [6.45, 7) is 4.02. The number of amides is 1. The molecule has 0 unspecified atom stereocenters. The zero-order chi connectivity index (χ0) is 13.1. The Hall–Kier alpha value is -1.06. The van der Waals surface area contributed by atoms with Gasteiger partial charge in [-0.2, -0.15) is 0 Å². The molecule has 1 amide bonds. The summed E-state index contributed by atoms with van der Waals surface area (Å²) in [5, 5.41) is 3.12. The Morgan fingerprint density at radius 2 is 1.84 bits per heavy atom. The molecule has 0 atom stereocenters. The molecule has 19 heavy (non-hydrogen) atoms. The molecule has 3 nitrogen and oxygen atoms in total. The van der Waals surface area contributed by atoms with Gasteiger partial charge in [0.25, 0.3) is 5.91 Å². The minimum absolute atomic E-state index is 0. The molecule has 1 aliphatic carbocycles. The van der Waals surface area contributed by atoms with E-state index < -0.39 is 0 Å². The van der Waals surface area contributed by atoms with E-state index in [4.69, 9.17) is 5.73 Å². The predicted molar refractivity (Wildman–Crippen MR) is 80.9 cm³/mol. The molecule has 106 valence electrons. The summed E-state index contributed by atoms with van der Waals surface area (Å²) >= 11 is 0. The maximum atomic E-state index is 12.2. The van der Waals surface area contributed by atoms with Crippen molar-refractivity contribution in [3.05, 3.63) is 34.9 Å². The van der Waals surface area contributed by atoms with E-state index in [1.807, 2.05) is 32.0 Å². The van der Waals surface area contributed by atoms with Crippen molar-refractivity contribution in [2.45, 2.75) is 51.6 Å². The molecule has 1 aromatic carbocycles. The molecule has 3 N–H and O–H groups in total. The van der Waals surface area contributed by atoms with Gasteiger partial charge < -0.3 is 11.1 Å². The second-order valence-corrected chi connectivity index (χ2v) is 5.40. The largest absolute Gasteiger partial charge is 0.349 e. The fourth-order valence-corrected chi connectivity index (χ4v) is 2.60. The Morgan fingerprint density at radius 3 is 2.42 bits per heavy atom. The summed E-state index contributed by atoms with van der Waals surface area (Å²) in [7, 11) is 0. The van der Waals surface area contributed by atoms with E-state index in [-0.39, 0.29) is 24.4 Å². The fraction of sp³-hybridized carbons (Fsp3) is 0.533. The van der Waals surface area contributed by atoms with Crippen molar-refractivity contribution in [3.8, 4) is 0 Å². The monoisotopic (exact) mass is 282 g/mol. The normalized spacial score (nSPS) is 22.5. The van der Waals surface area contributed by atoms with Crippen LogP contribution in [0, 0.1) is 13.8 Å². The van der Waals surface area contributed by atoms with E-state index in [0.29, 0.717) is 6.04 Å². The summed E-state index contributed by atoms with van der Waals surface area (Å²) in [5.41, 5.74) is 8.88.